The van der Waals surface area contributed by atoms with Crippen molar-refractivity contribution < 1.29 is 13.2 Å². The first-order valence-electron chi connectivity index (χ1n) is 10.4. The van der Waals surface area contributed by atoms with Crippen LogP contribution in [0.1, 0.15) is 18.9 Å². The third-order valence-corrected chi connectivity index (χ3v) is 8.05. The Morgan fingerprint density at radius 3 is 2.66 bits per heavy atom. The second-order valence-corrected chi connectivity index (χ2v) is 11.2. The number of hydrogen-bond acceptors (Lipinski definition) is 6. The predicted octanol–water partition coefficient (Wildman–Crippen LogP) is 3.30. The molecule has 0 aliphatic carbocycles. The van der Waals surface area contributed by atoms with Crippen molar-refractivity contribution in [3.8, 4) is 0 Å². The third kappa shape index (κ3) is 3.48. The summed E-state index contributed by atoms with van der Waals surface area (Å²) in [5.74, 6) is 0.0139. The number of amides is 1. The van der Waals surface area contributed by atoms with E-state index >= 15 is 0 Å². The number of sulfonamides is 1. The molecule has 1 aliphatic rings. The molecule has 1 aliphatic heterocycles. The molecule has 1 N–H and O–H groups in total. The van der Waals surface area contributed by atoms with Gasteiger partial charge in [-0.25, -0.2) is 18.4 Å². The second-order valence-electron chi connectivity index (χ2n) is 8.25. The Labute approximate surface area is 189 Å². The summed E-state index contributed by atoms with van der Waals surface area (Å²) in [6, 6.07) is 11.6. The summed E-state index contributed by atoms with van der Waals surface area (Å²) >= 11 is 1.44. The summed E-state index contributed by atoms with van der Waals surface area (Å²) in [7, 11) is -3.91. The maximum Gasteiger partial charge on any atom is 0.247 e. The molecule has 8 nitrogen and oxygen atoms in total. The average Bonchev–Trinajstić information content (AvgIpc) is 3.42. The summed E-state index contributed by atoms with van der Waals surface area (Å²) in [4.78, 5) is 24.2. The maximum absolute atomic E-state index is 13.5. The minimum atomic E-state index is -3.91. The van der Waals surface area contributed by atoms with Crippen molar-refractivity contribution in [2.75, 3.05) is 11.4 Å². The predicted molar refractivity (Wildman–Crippen MR) is 125 cm³/mol. The molecule has 0 spiro atoms. The van der Waals surface area contributed by atoms with Crippen LogP contribution in [-0.4, -0.2) is 41.4 Å². The van der Waals surface area contributed by atoms with Gasteiger partial charge in [0.1, 0.15) is 6.04 Å². The number of anilines is 1. The number of aromatic nitrogens is 3. The summed E-state index contributed by atoms with van der Waals surface area (Å²) in [6.07, 6.45) is 0. The SMILES string of the molecule is Cc1nc2ccc(S(=O)(=O)N[C@H](C(=O)N3CCn4c3nc3ccccc34)C(C)C)cc2s1. The molecule has 3 heterocycles. The first kappa shape index (κ1) is 21.0. The van der Waals surface area contributed by atoms with Crippen molar-refractivity contribution in [1.82, 2.24) is 19.3 Å². The van der Waals surface area contributed by atoms with Gasteiger partial charge in [-0.3, -0.25) is 9.69 Å². The number of carbonyl (C=O) groups is 1. The number of thiazole rings is 1. The molecular formula is C22H23N5O3S2. The molecule has 32 heavy (non-hydrogen) atoms. The van der Waals surface area contributed by atoms with Gasteiger partial charge in [-0.15, -0.1) is 11.3 Å². The van der Waals surface area contributed by atoms with Crippen LogP contribution in [0, 0.1) is 12.8 Å². The minimum Gasteiger partial charge on any atom is -0.308 e. The van der Waals surface area contributed by atoms with Crippen molar-refractivity contribution >= 4 is 54.5 Å². The Hall–Kier alpha value is -2.82. The zero-order chi connectivity index (χ0) is 22.6. The molecule has 2 aromatic heterocycles. The number of para-hydroxylation sites is 2. The summed E-state index contributed by atoms with van der Waals surface area (Å²) in [5, 5.41) is 0.870. The van der Waals surface area contributed by atoms with E-state index in [1.165, 1.54) is 17.4 Å². The van der Waals surface area contributed by atoms with E-state index in [0.717, 1.165) is 26.3 Å². The molecule has 10 heteroatoms. The fourth-order valence-corrected chi connectivity index (χ4v) is 6.36. The van der Waals surface area contributed by atoms with Gasteiger partial charge in [-0.2, -0.15) is 4.72 Å². The van der Waals surface area contributed by atoms with E-state index in [4.69, 9.17) is 0 Å². The molecule has 4 aromatic rings. The third-order valence-electron chi connectivity index (χ3n) is 5.68. The average molecular weight is 470 g/mol. The highest BCUT2D eigenvalue weighted by molar-refractivity contribution is 7.89. The number of rotatable bonds is 5. The van der Waals surface area contributed by atoms with Gasteiger partial charge in [0.15, 0.2) is 0 Å². The van der Waals surface area contributed by atoms with Crippen LogP contribution in [0.4, 0.5) is 5.95 Å². The number of benzene rings is 2. The minimum absolute atomic E-state index is 0.126. The van der Waals surface area contributed by atoms with Crippen LogP contribution >= 0.6 is 11.3 Å². The lowest BCUT2D eigenvalue weighted by atomic mass is 10.0. The fourth-order valence-electron chi connectivity index (χ4n) is 4.06. The van der Waals surface area contributed by atoms with E-state index < -0.39 is 16.1 Å². The number of nitrogens with one attached hydrogen (secondary N) is 1. The maximum atomic E-state index is 13.5. The van der Waals surface area contributed by atoms with Crippen LogP contribution in [0.3, 0.4) is 0 Å². The number of aryl methyl sites for hydroxylation is 1. The van der Waals surface area contributed by atoms with E-state index in [-0.39, 0.29) is 16.7 Å². The second kappa shape index (κ2) is 7.65. The number of hydrogen-bond donors (Lipinski definition) is 1. The number of carbonyl (C=O) groups excluding carboxylic acids is 1. The lowest BCUT2D eigenvalue weighted by Gasteiger charge is -2.25. The highest BCUT2D eigenvalue weighted by atomic mass is 32.2. The molecule has 0 saturated heterocycles. The molecule has 5 rings (SSSR count). The van der Waals surface area contributed by atoms with Gasteiger partial charge in [-0.05, 0) is 43.2 Å². The number of nitrogens with zero attached hydrogens (tertiary/aromatic N) is 4. The Morgan fingerprint density at radius 2 is 1.88 bits per heavy atom. The Bertz CT molecular complexity index is 1460. The van der Waals surface area contributed by atoms with E-state index in [9.17, 15) is 13.2 Å². The lowest BCUT2D eigenvalue weighted by Crippen LogP contribution is -2.51. The Kier molecular flexibility index (Phi) is 5.03. The van der Waals surface area contributed by atoms with Crippen LogP contribution in [0.15, 0.2) is 47.4 Å². The van der Waals surface area contributed by atoms with Crippen LogP contribution in [-0.2, 0) is 21.4 Å². The van der Waals surface area contributed by atoms with Gasteiger partial charge < -0.3 is 4.57 Å². The molecule has 0 saturated carbocycles. The first-order chi connectivity index (χ1) is 15.2. The van der Waals surface area contributed by atoms with E-state index in [0.29, 0.717) is 19.0 Å². The van der Waals surface area contributed by atoms with Gasteiger partial charge in [0.05, 0.1) is 31.2 Å². The quantitative estimate of drug-likeness (QED) is 0.484. The Balaban J connectivity index is 1.45. The summed E-state index contributed by atoms with van der Waals surface area (Å²) in [5.41, 5.74) is 2.54. The van der Waals surface area contributed by atoms with Gasteiger partial charge in [-0.1, -0.05) is 26.0 Å². The molecule has 1 atom stereocenters. The highest BCUT2D eigenvalue weighted by Gasteiger charge is 2.36. The van der Waals surface area contributed by atoms with Crippen molar-refractivity contribution in [1.29, 1.82) is 0 Å². The van der Waals surface area contributed by atoms with Crippen LogP contribution in [0.5, 0.6) is 0 Å². The zero-order valence-corrected chi connectivity index (χ0v) is 19.6. The van der Waals surface area contributed by atoms with Crippen LogP contribution in [0.25, 0.3) is 21.3 Å². The largest absolute Gasteiger partial charge is 0.308 e. The number of imidazole rings is 1. The van der Waals surface area contributed by atoms with Crippen LogP contribution < -0.4 is 9.62 Å². The molecular weight excluding hydrogens is 446 g/mol. The number of fused-ring (bicyclic) bond motifs is 4. The smallest absolute Gasteiger partial charge is 0.247 e. The van der Waals surface area contributed by atoms with E-state index in [1.807, 2.05) is 49.6 Å². The summed E-state index contributed by atoms with van der Waals surface area (Å²) in [6.45, 7) is 6.64. The standard InChI is InChI=1S/C22H23N5O3S2/c1-13(2)20(25-32(29,30)15-8-9-17-19(12-15)31-14(3)23-17)21(28)27-11-10-26-18-7-5-4-6-16(18)24-22(26)27/h4-9,12-13,20,25H,10-11H2,1-3H3/t20-/m0/s1. The van der Waals surface area contributed by atoms with Crippen molar-refractivity contribution in [2.24, 2.45) is 5.92 Å². The highest BCUT2D eigenvalue weighted by Crippen LogP contribution is 2.29. The van der Waals surface area contributed by atoms with Crippen molar-refractivity contribution in [3.63, 3.8) is 0 Å². The molecule has 0 radical (unpaired) electrons. The first-order valence-corrected chi connectivity index (χ1v) is 12.7. The fraction of sp³-hybridized carbons (Fsp3) is 0.318. The monoisotopic (exact) mass is 469 g/mol. The molecule has 0 fully saturated rings. The van der Waals surface area contributed by atoms with Gasteiger partial charge in [0.2, 0.25) is 21.9 Å². The van der Waals surface area contributed by atoms with Crippen molar-refractivity contribution in [2.45, 2.75) is 38.3 Å². The van der Waals surface area contributed by atoms with Gasteiger partial charge in [0.25, 0.3) is 0 Å². The van der Waals surface area contributed by atoms with Gasteiger partial charge >= 0.3 is 0 Å². The lowest BCUT2D eigenvalue weighted by molar-refractivity contribution is -0.121. The molecule has 1 amide bonds. The van der Waals surface area contributed by atoms with Gasteiger partial charge in [0, 0.05) is 13.1 Å². The Morgan fingerprint density at radius 1 is 1.09 bits per heavy atom. The summed E-state index contributed by atoms with van der Waals surface area (Å²) < 4.78 is 31.8. The zero-order valence-electron chi connectivity index (χ0n) is 17.9. The normalized spacial score (nSPS) is 15.1. The van der Waals surface area contributed by atoms with Crippen LogP contribution in [0.2, 0.25) is 0 Å². The molecule has 0 bridgehead atoms. The molecule has 0 unspecified atom stereocenters. The molecule has 2 aromatic carbocycles. The van der Waals surface area contributed by atoms with E-state index in [2.05, 4.69) is 14.7 Å². The molecule has 166 valence electrons. The topological polar surface area (TPSA) is 97.2 Å². The van der Waals surface area contributed by atoms with Crippen molar-refractivity contribution in [3.05, 3.63) is 47.5 Å². The van der Waals surface area contributed by atoms with E-state index in [1.54, 1.807) is 17.0 Å².